The first-order chi connectivity index (χ1) is 8.63. The minimum Gasteiger partial charge on any atom is -0.389 e. The van der Waals surface area contributed by atoms with Crippen LogP contribution in [0.2, 0.25) is 0 Å². The molecule has 0 amide bonds. The number of methoxy groups -OCH3 is 1. The summed E-state index contributed by atoms with van der Waals surface area (Å²) >= 11 is 5.15. The summed E-state index contributed by atoms with van der Waals surface area (Å²) in [6, 6.07) is 6.13. The summed E-state index contributed by atoms with van der Waals surface area (Å²) in [5, 5.41) is 0. The molecule has 0 radical (unpaired) electrons. The lowest BCUT2D eigenvalue weighted by molar-refractivity contribution is 0.0819. The van der Waals surface area contributed by atoms with Gasteiger partial charge in [-0.1, -0.05) is 24.4 Å². The van der Waals surface area contributed by atoms with E-state index in [1.807, 2.05) is 12.1 Å². The van der Waals surface area contributed by atoms with Gasteiger partial charge in [-0.05, 0) is 31.4 Å². The van der Waals surface area contributed by atoms with Crippen LogP contribution in [0.15, 0.2) is 18.2 Å². The maximum Gasteiger partial charge on any atom is 0.106 e. The van der Waals surface area contributed by atoms with Gasteiger partial charge in [0, 0.05) is 31.5 Å². The number of hydrogen-bond acceptors (Lipinski definition) is 3. The average molecular weight is 264 g/mol. The van der Waals surface area contributed by atoms with Crippen molar-refractivity contribution in [3.63, 3.8) is 0 Å². The molecule has 1 saturated heterocycles. The highest BCUT2D eigenvalue weighted by Gasteiger charge is 2.22. The van der Waals surface area contributed by atoms with Crippen LogP contribution < -0.4 is 10.6 Å². The van der Waals surface area contributed by atoms with Gasteiger partial charge >= 0.3 is 0 Å². The minimum atomic E-state index is 0.388. The number of rotatable bonds is 3. The molecule has 1 fully saturated rings. The van der Waals surface area contributed by atoms with Crippen LogP contribution in [-0.4, -0.2) is 31.3 Å². The Labute approximate surface area is 114 Å². The fraction of sp³-hybridized carbons (Fsp3) is 0.500. The van der Waals surface area contributed by atoms with E-state index in [-0.39, 0.29) is 0 Å². The molecule has 0 saturated carbocycles. The molecule has 0 aliphatic carbocycles. The maximum atomic E-state index is 5.82. The van der Waals surface area contributed by atoms with Crippen molar-refractivity contribution < 1.29 is 4.74 Å². The third-order valence-corrected chi connectivity index (χ3v) is 3.81. The molecule has 3 nitrogen and oxygen atoms in total. The van der Waals surface area contributed by atoms with E-state index in [4.69, 9.17) is 22.7 Å². The zero-order chi connectivity index (χ0) is 13.1. The highest BCUT2D eigenvalue weighted by atomic mass is 32.1. The number of aryl methyl sites for hydroxylation is 1. The zero-order valence-electron chi connectivity index (χ0n) is 11.0. The first-order valence-corrected chi connectivity index (χ1v) is 6.71. The van der Waals surface area contributed by atoms with E-state index in [0.717, 1.165) is 31.5 Å². The van der Waals surface area contributed by atoms with Crippen molar-refractivity contribution in [1.29, 1.82) is 0 Å². The second-order valence-corrected chi connectivity index (χ2v) is 5.20. The number of hydrogen-bond donors (Lipinski definition) is 1. The molecule has 1 aliphatic heterocycles. The highest BCUT2D eigenvalue weighted by Crippen LogP contribution is 2.28. The molecule has 1 aliphatic rings. The molecule has 0 unspecified atom stereocenters. The largest absolute Gasteiger partial charge is 0.389 e. The van der Waals surface area contributed by atoms with Gasteiger partial charge in [0.25, 0.3) is 0 Å². The summed E-state index contributed by atoms with van der Waals surface area (Å²) in [6.07, 6.45) is 2.50. The van der Waals surface area contributed by atoms with Gasteiger partial charge in [-0.25, -0.2) is 0 Å². The van der Waals surface area contributed by atoms with Crippen molar-refractivity contribution in [2.24, 2.45) is 5.73 Å². The fourth-order valence-corrected chi connectivity index (χ4v) is 2.76. The lowest BCUT2D eigenvalue weighted by Gasteiger charge is -2.35. The molecule has 0 bridgehead atoms. The van der Waals surface area contributed by atoms with E-state index in [1.165, 1.54) is 11.3 Å². The smallest absolute Gasteiger partial charge is 0.106 e. The molecule has 1 aromatic carbocycles. The van der Waals surface area contributed by atoms with Crippen molar-refractivity contribution in [3.05, 3.63) is 29.3 Å². The molecule has 0 spiro atoms. The molecule has 98 valence electrons. The molecule has 2 N–H and O–H groups in total. The molecule has 1 aromatic rings. The van der Waals surface area contributed by atoms with Crippen molar-refractivity contribution in [2.45, 2.75) is 25.9 Å². The Hall–Kier alpha value is -1.13. The monoisotopic (exact) mass is 264 g/mol. The highest BCUT2D eigenvalue weighted by molar-refractivity contribution is 7.80. The van der Waals surface area contributed by atoms with Gasteiger partial charge in [-0.2, -0.15) is 0 Å². The molecular formula is C14H20N2OS. The summed E-state index contributed by atoms with van der Waals surface area (Å²) in [7, 11) is 1.79. The van der Waals surface area contributed by atoms with Crippen LogP contribution in [0, 0.1) is 6.92 Å². The Kier molecular flexibility index (Phi) is 4.19. The van der Waals surface area contributed by atoms with Crippen molar-refractivity contribution >= 4 is 22.9 Å². The molecule has 1 heterocycles. The maximum absolute atomic E-state index is 5.82. The van der Waals surface area contributed by atoms with Gasteiger partial charge in [0.05, 0.1) is 6.10 Å². The van der Waals surface area contributed by atoms with Gasteiger partial charge in [0.2, 0.25) is 0 Å². The van der Waals surface area contributed by atoms with E-state index < -0.39 is 0 Å². The Balaban J connectivity index is 2.26. The lowest BCUT2D eigenvalue weighted by atomic mass is 10.0. The van der Waals surface area contributed by atoms with Crippen LogP contribution in [0.1, 0.15) is 24.0 Å². The van der Waals surface area contributed by atoms with Crippen LogP contribution in [0.5, 0.6) is 0 Å². The summed E-state index contributed by atoms with van der Waals surface area (Å²) in [5.74, 6) is 0. The second kappa shape index (κ2) is 5.67. The second-order valence-electron chi connectivity index (χ2n) is 4.76. The van der Waals surface area contributed by atoms with E-state index in [1.54, 1.807) is 7.11 Å². The van der Waals surface area contributed by atoms with Crippen LogP contribution >= 0.6 is 12.2 Å². The van der Waals surface area contributed by atoms with Crippen LogP contribution in [0.3, 0.4) is 0 Å². The quantitative estimate of drug-likeness (QED) is 0.850. The Morgan fingerprint density at radius 3 is 2.61 bits per heavy atom. The molecule has 2 rings (SSSR count). The van der Waals surface area contributed by atoms with E-state index in [0.29, 0.717) is 11.1 Å². The van der Waals surface area contributed by atoms with Gasteiger partial charge in [0.15, 0.2) is 0 Å². The van der Waals surface area contributed by atoms with Crippen LogP contribution in [0.25, 0.3) is 0 Å². The number of benzene rings is 1. The molecular weight excluding hydrogens is 244 g/mol. The van der Waals surface area contributed by atoms with Crippen molar-refractivity contribution in [2.75, 3.05) is 25.1 Å². The summed E-state index contributed by atoms with van der Waals surface area (Å²) in [4.78, 5) is 2.85. The molecule has 4 heteroatoms. The fourth-order valence-electron chi connectivity index (χ4n) is 2.59. The first kappa shape index (κ1) is 13.3. The van der Waals surface area contributed by atoms with Crippen molar-refractivity contribution in [1.82, 2.24) is 0 Å². The molecule has 18 heavy (non-hydrogen) atoms. The van der Waals surface area contributed by atoms with E-state index in [9.17, 15) is 0 Å². The minimum absolute atomic E-state index is 0.388. The molecule has 0 atom stereocenters. The van der Waals surface area contributed by atoms with E-state index >= 15 is 0 Å². The van der Waals surface area contributed by atoms with E-state index in [2.05, 4.69) is 17.9 Å². The third-order valence-electron chi connectivity index (χ3n) is 3.59. The topological polar surface area (TPSA) is 38.5 Å². The van der Waals surface area contributed by atoms with Gasteiger partial charge in [-0.15, -0.1) is 0 Å². The summed E-state index contributed by atoms with van der Waals surface area (Å²) in [6.45, 7) is 4.11. The summed E-state index contributed by atoms with van der Waals surface area (Å²) < 4.78 is 5.41. The molecule has 0 aromatic heterocycles. The number of ether oxygens (including phenoxy) is 1. The van der Waals surface area contributed by atoms with Crippen LogP contribution in [-0.2, 0) is 4.74 Å². The zero-order valence-corrected chi connectivity index (χ0v) is 11.8. The Bertz CT molecular complexity index is 439. The number of nitrogens with zero attached hydrogens (tertiary/aromatic N) is 1. The first-order valence-electron chi connectivity index (χ1n) is 6.30. The van der Waals surface area contributed by atoms with Gasteiger partial charge in [-0.3, -0.25) is 0 Å². The number of para-hydroxylation sites is 1. The predicted molar refractivity (Wildman–Crippen MR) is 79.3 cm³/mol. The van der Waals surface area contributed by atoms with Gasteiger partial charge < -0.3 is 15.4 Å². The predicted octanol–water partition coefficient (Wildman–Crippen LogP) is 2.24. The number of thiocarbonyl (C=S) groups is 1. The summed E-state index contributed by atoms with van der Waals surface area (Å²) in [5.41, 5.74) is 9.24. The Morgan fingerprint density at radius 1 is 1.39 bits per heavy atom. The Morgan fingerprint density at radius 2 is 2.06 bits per heavy atom. The van der Waals surface area contributed by atoms with Gasteiger partial charge in [0.1, 0.15) is 4.99 Å². The third kappa shape index (κ3) is 2.65. The number of piperidine rings is 1. The normalized spacial score (nSPS) is 16.9. The lowest BCUT2D eigenvalue weighted by Crippen LogP contribution is -2.38. The standard InChI is InChI=1S/C14H20N2OS/c1-10-4-3-5-12(14(15)18)13(10)16-8-6-11(17-2)7-9-16/h3-5,11H,6-9H2,1-2H3,(H2,15,18). The number of nitrogens with two attached hydrogens (primary N) is 1. The average Bonchev–Trinajstić information content (AvgIpc) is 2.38. The van der Waals surface area contributed by atoms with Crippen molar-refractivity contribution in [3.8, 4) is 0 Å². The SMILES string of the molecule is COC1CCN(c2c(C)cccc2C(N)=S)CC1. The van der Waals surface area contributed by atoms with Crippen LogP contribution in [0.4, 0.5) is 5.69 Å². The number of anilines is 1.